The van der Waals surface area contributed by atoms with E-state index in [4.69, 9.17) is 0 Å². The van der Waals surface area contributed by atoms with Crippen molar-refractivity contribution in [3.8, 4) is 11.3 Å². The third-order valence-electron chi connectivity index (χ3n) is 5.36. The number of hydrogen-bond acceptors (Lipinski definition) is 3. The van der Waals surface area contributed by atoms with Gasteiger partial charge < -0.3 is 0 Å². The molecule has 26 heavy (non-hydrogen) atoms. The molecular formula is C20H17FN4O. The number of pyridine rings is 1. The van der Waals surface area contributed by atoms with Crippen LogP contribution >= 0.6 is 0 Å². The van der Waals surface area contributed by atoms with Gasteiger partial charge in [0.05, 0.1) is 16.6 Å². The highest BCUT2D eigenvalue weighted by Crippen LogP contribution is 2.36. The van der Waals surface area contributed by atoms with Gasteiger partial charge in [0.1, 0.15) is 11.5 Å². The predicted octanol–water partition coefficient (Wildman–Crippen LogP) is 3.65. The van der Waals surface area contributed by atoms with E-state index in [1.807, 2.05) is 18.3 Å². The maximum atomic E-state index is 13.8. The van der Waals surface area contributed by atoms with Crippen LogP contribution in [0.1, 0.15) is 30.9 Å². The van der Waals surface area contributed by atoms with Crippen LogP contribution in [0, 0.1) is 5.82 Å². The molecular weight excluding hydrogens is 331 g/mol. The molecule has 3 aromatic heterocycles. The van der Waals surface area contributed by atoms with Crippen LogP contribution in [0.2, 0.25) is 0 Å². The van der Waals surface area contributed by atoms with E-state index in [1.165, 1.54) is 37.5 Å². The molecule has 0 saturated heterocycles. The molecule has 0 N–H and O–H groups in total. The van der Waals surface area contributed by atoms with E-state index in [-0.39, 0.29) is 11.4 Å². The first-order valence-electron chi connectivity index (χ1n) is 8.76. The third kappa shape index (κ3) is 2.18. The van der Waals surface area contributed by atoms with Gasteiger partial charge >= 0.3 is 0 Å². The summed E-state index contributed by atoms with van der Waals surface area (Å²) in [6.45, 7) is 0. The molecule has 6 heteroatoms. The highest BCUT2D eigenvalue weighted by Gasteiger charge is 2.21. The number of aryl methyl sites for hydroxylation is 1. The molecule has 0 spiro atoms. The highest BCUT2D eigenvalue weighted by molar-refractivity contribution is 5.81. The Kier molecular flexibility index (Phi) is 3.22. The summed E-state index contributed by atoms with van der Waals surface area (Å²) in [7, 11) is 1.71. The smallest absolute Gasteiger partial charge is 0.261 e. The molecule has 130 valence electrons. The van der Waals surface area contributed by atoms with Gasteiger partial charge in [-0.05, 0) is 37.1 Å². The van der Waals surface area contributed by atoms with E-state index in [1.54, 1.807) is 16.1 Å². The van der Waals surface area contributed by atoms with E-state index in [9.17, 15) is 9.18 Å². The van der Waals surface area contributed by atoms with Gasteiger partial charge in [-0.25, -0.2) is 8.91 Å². The largest absolute Gasteiger partial charge is 0.296 e. The van der Waals surface area contributed by atoms with Crippen LogP contribution in [0.25, 0.3) is 27.8 Å². The van der Waals surface area contributed by atoms with E-state index in [0.717, 1.165) is 17.0 Å². The molecule has 0 amide bonds. The van der Waals surface area contributed by atoms with Gasteiger partial charge in [0.15, 0.2) is 0 Å². The molecule has 1 saturated carbocycles. The summed E-state index contributed by atoms with van der Waals surface area (Å²) in [6, 6.07) is 10.0. The number of halogens is 1. The zero-order valence-corrected chi connectivity index (χ0v) is 14.3. The summed E-state index contributed by atoms with van der Waals surface area (Å²) in [6.07, 6.45) is 5.43. The molecule has 5 rings (SSSR count). The molecule has 0 unspecified atom stereocenters. The van der Waals surface area contributed by atoms with Gasteiger partial charge in [0, 0.05) is 42.6 Å². The Morgan fingerprint density at radius 1 is 1.15 bits per heavy atom. The zero-order chi connectivity index (χ0) is 17.8. The standard InChI is InChI=1S/C20H17FN4O/c1-24-19-11-17(13-7-8-22-16(9-13)12-3-2-4-12)23-25(19)18-10-14(21)5-6-15(18)20(24)26/h5-12H,2-4H2,1H3. The molecule has 0 bridgehead atoms. The lowest BCUT2D eigenvalue weighted by atomic mass is 9.82. The summed E-state index contributed by atoms with van der Waals surface area (Å²) < 4.78 is 16.9. The van der Waals surface area contributed by atoms with Gasteiger partial charge in [0.2, 0.25) is 0 Å². The first-order chi connectivity index (χ1) is 12.6. The second kappa shape index (κ2) is 5.49. The van der Waals surface area contributed by atoms with Crippen molar-refractivity contribution >= 4 is 16.6 Å². The Morgan fingerprint density at radius 2 is 2.00 bits per heavy atom. The fourth-order valence-electron chi connectivity index (χ4n) is 3.61. The van der Waals surface area contributed by atoms with Crippen LogP contribution in [0.3, 0.4) is 0 Å². The average Bonchev–Trinajstić information content (AvgIpc) is 3.04. The van der Waals surface area contributed by atoms with Crippen molar-refractivity contribution in [1.29, 1.82) is 0 Å². The molecule has 0 aliphatic heterocycles. The summed E-state index contributed by atoms with van der Waals surface area (Å²) in [4.78, 5) is 17.1. The Morgan fingerprint density at radius 3 is 2.77 bits per heavy atom. The third-order valence-corrected chi connectivity index (χ3v) is 5.36. The number of nitrogens with zero attached hydrogens (tertiary/aromatic N) is 4. The van der Waals surface area contributed by atoms with E-state index in [0.29, 0.717) is 22.5 Å². The summed E-state index contributed by atoms with van der Waals surface area (Å²) in [5.74, 6) is 0.145. The van der Waals surface area contributed by atoms with E-state index >= 15 is 0 Å². The molecule has 1 fully saturated rings. The molecule has 4 aromatic rings. The van der Waals surface area contributed by atoms with Gasteiger partial charge in [-0.3, -0.25) is 14.3 Å². The van der Waals surface area contributed by atoms with Crippen LogP contribution in [0.4, 0.5) is 4.39 Å². The normalized spacial score (nSPS) is 14.8. The minimum Gasteiger partial charge on any atom is -0.296 e. The monoisotopic (exact) mass is 348 g/mol. The van der Waals surface area contributed by atoms with E-state index in [2.05, 4.69) is 16.1 Å². The second-order valence-corrected chi connectivity index (χ2v) is 6.92. The lowest BCUT2D eigenvalue weighted by Gasteiger charge is -2.24. The number of hydrogen-bond donors (Lipinski definition) is 0. The fourth-order valence-corrected chi connectivity index (χ4v) is 3.61. The summed E-state index contributed by atoms with van der Waals surface area (Å²) in [5.41, 5.74) is 3.74. The van der Waals surface area contributed by atoms with Crippen LogP contribution in [0.5, 0.6) is 0 Å². The van der Waals surface area contributed by atoms with Crippen molar-refractivity contribution in [1.82, 2.24) is 19.2 Å². The van der Waals surface area contributed by atoms with Gasteiger partial charge in [-0.1, -0.05) is 6.42 Å². The Balaban J connectivity index is 1.75. The number of fused-ring (bicyclic) bond motifs is 3. The molecule has 0 radical (unpaired) electrons. The van der Waals surface area contributed by atoms with Gasteiger partial charge in [0.25, 0.3) is 5.56 Å². The zero-order valence-electron chi connectivity index (χ0n) is 14.3. The SMILES string of the molecule is Cn1c(=O)c2ccc(F)cc2n2nc(-c3ccnc(C4CCC4)c3)cc12. The molecule has 3 heterocycles. The van der Waals surface area contributed by atoms with Crippen molar-refractivity contribution in [2.75, 3.05) is 0 Å². The quantitative estimate of drug-likeness (QED) is 0.556. The maximum absolute atomic E-state index is 13.8. The Hall–Kier alpha value is -3.02. The first kappa shape index (κ1) is 15.3. The van der Waals surface area contributed by atoms with Crippen LogP contribution in [-0.4, -0.2) is 19.2 Å². The van der Waals surface area contributed by atoms with E-state index < -0.39 is 0 Å². The first-order valence-corrected chi connectivity index (χ1v) is 8.76. The number of aromatic nitrogens is 4. The van der Waals surface area contributed by atoms with Crippen LogP contribution in [0.15, 0.2) is 47.4 Å². The molecule has 0 atom stereocenters. The Labute approximate surface area is 148 Å². The van der Waals surface area contributed by atoms with Crippen molar-refractivity contribution < 1.29 is 4.39 Å². The average molecular weight is 348 g/mol. The van der Waals surface area contributed by atoms with Crippen molar-refractivity contribution in [2.45, 2.75) is 25.2 Å². The molecule has 1 aliphatic carbocycles. The van der Waals surface area contributed by atoms with Gasteiger partial charge in [-0.2, -0.15) is 5.10 Å². The van der Waals surface area contributed by atoms with Crippen LogP contribution in [-0.2, 0) is 7.05 Å². The molecule has 1 aliphatic rings. The molecule has 5 nitrogen and oxygen atoms in total. The number of benzene rings is 1. The lowest BCUT2D eigenvalue weighted by molar-refractivity contribution is 0.411. The number of rotatable bonds is 2. The minimum absolute atomic E-state index is 0.163. The van der Waals surface area contributed by atoms with Crippen molar-refractivity contribution in [3.05, 3.63) is 64.5 Å². The molecule has 1 aromatic carbocycles. The highest BCUT2D eigenvalue weighted by atomic mass is 19.1. The predicted molar refractivity (Wildman–Crippen MR) is 97.7 cm³/mol. The summed E-state index contributed by atoms with van der Waals surface area (Å²) in [5, 5.41) is 5.11. The second-order valence-electron chi connectivity index (χ2n) is 6.92. The van der Waals surface area contributed by atoms with Crippen LogP contribution < -0.4 is 5.56 Å². The van der Waals surface area contributed by atoms with Gasteiger partial charge in [-0.15, -0.1) is 0 Å². The fraction of sp³-hybridized carbons (Fsp3) is 0.250. The maximum Gasteiger partial charge on any atom is 0.261 e. The lowest BCUT2D eigenvalue weighted by Crippen LogP contribution is -2.19. The van der Waals surface area contributed by atoms with Crippen molar-refractivity contribution in [3.63, 3.8) is 0 Å². The Bertz CT molecular complexity index is 1220. The van der Waals surface area contributed by atoms with Crippen molar-refractivity contribution in [2.24, 2.45) is 7.05 Å². The topological polar surface area (TPSA) is 52.2 Å². The minimum atomic E-state index is -0.389. The summed E-state index contributed by atoms with van der Waals surface area (Å²) >= 11 is 0.